The summed E-state index contributed by atoms with van der Waals surface area (Å²) in [6, 6.07) is 5.19. The van der Waals surface area contributed by atoms with E-state index < -0.39 is 29.3 Å². The summed E-state index contributed by atoms with van der Waals surface area (Å²) in [4.78, 5) is 19.3. The van der Waals surface area contributed by atoms with Crippen molar-refractivity contribution in [2.24, 2.45) is 5.10 Å². The topological polar surface area (TPSA) is 185 Å². The van der Waals surface area contributed by atoms with Gasteiger partial charge in [0.25, 0.3) is 5.69 Å². The Balaban J connectivity index is 1.64. The fourth-order valence-corrected chi connectivity index (χ4v) is 4.14. The highest BCUT2D eigenvalue weighted by atomic mass is 32.2. The molecular weight excluding hydrogens is 452 g/mol. The number of nitro benzene ring substituents is 1. The van der Waals surface area contributed by atoms with Gasteiger partial charge in [0.05, 0.1) is 23.3 Å². The molecule has 1 fully saturated rings. The average Bonchev–Trinajstić information content (AvgIpc) is 3.34. The molecule has 1 aliphatic carbocycles. The molecule has 174 valence electrons. The molecule has 4 atom stereocenters. The van der Waals surface area contributed by atoms with Crippen molar-refractivity contribution in [1.29, 1.82) is 0 Å². The predicted molar refractivity (Wildman–Crippen MR) is 120 cm³/mol. The van der Waals surface area contributed by atoms with Crippen molar-refractivity contribution in [3.8, 4) is 0 Å². The number of fused-ring (bicyclic) bond motifs is 1. The zero-order valence-corrected chi connectivity index (χ0v) is 18.3. The van der Waals surface area contributed by atoms with Crippen LogP contribution in [0.4, 0.5) is 11.5 Å². The molecule has 33 heavy (non-hydrogen) atoms. The third kappa shape index (κ3) is 4.78. The zero-order chi connectivity index (χ0) is 23.5. The van der Waals surface area contributed by atoms with Crippen molar-refractivity contribution in [3.05, 3.63) is 39.9 Å². The molecular formula is C19H22N8O5S. The third-order valence-corrected chi connectivity index (χ3v) is 6.22. The van der Waals surface area contributed by atoms with E-state index >= 15 is 0 Å². The lowest BCUT2D eigenvalue weighted by Crippen LogP contribution is -2.31. The highest BCUT2D eigenvalue weighted by Crippen LogP contribution is 2.33. The molecule has 13 nitrogen and oxygen atoms in total. The Hall–Kier alpha value is -3.20. The van der Waals surface area contributed by atoms with E-state index in [2.05, 4.69) is 30.8 Å². The lowest BCUT2D eigenvalue weighted by Gasteiger charge is -2.16. The molecule has 2 aromatic heterocycles. The molecule has 0 bridgehead atoms. The van der Waals surface area contributed by atoms with Crippen LogP contribution in [-0.4, -0.2) is 75.5 Å². The molecule has 0 aliphatic heterocycles. The number of nitrogens with one attached hydrogen (secondary N) is 1. The minimum atomic E-state index is -1.28. The fourth-order valence-electron chi connectivity index (χ4n) is 3.45. The van der Waals surface area contributed by atoms with Gasteiger partial charge in [0.1, 0.15) is 12.2 Å². The van der Waals surface area contributed by atoms with E-state index in [9.17, 15) is 25.4 Å². The van der Waals surface area contributed by atoms with Crippen LogP contribution in [0.1, 0.15) is 31.4 Å². The van der Waals surface area contributed by atoms with Crippen LogP contribution in [0.3, 0.4) is 0 Å². The van der Waals surface area contributed by atoms with Gasteiger partial charge in [-0.3, -0.25) is 15.5 Å². The summed E-state index contributed by atoms with van der Waals surface area (Å²) in [7, 11) is 0. The van der Waals surface area contributed by atoms with Gasteiger partial charge in [0.15, 0.2) is 22.1 Å². The number of benzene rings is 1. The number of rotatable bonds is 8. The number of thioether (sulfide) groups is 1. The molecule has 1 aliphatic rings. The van der Waals surface area contributed by atoms with Crippen LogP contribution in [0.2, 0.25) is 0 Å². The minimum absolute atomic E-state index is 0.0174. The summed E-state index contributed by atoms with van der Waals surface area (Å²) in [6.45, 7) is 2.03. The highest BCUT2D eigenvalue weighted by molar-refractivity contribution is 7.99. The van der Waals surface area contributed by atoms with Crippen molar-refractivity contribution in [2.75, 3.05) is 11.2 Å². The van der Waals surface area contributed by atoms with E-state index in [1.54, 1.807) is 12.1 Å². The first kappa shape index (κ1) is 23.0. The summed E-state index contributed by atoms with van der Waals surface area (Å²) >= 11 is 1.43. The fraction of sp³-hybridized carbons (Fsp3) is 0.421. The molecule has 0 saturated heterocycles. The van der Waals surface area contributed by atoms with Gasteiger partial charge in [-0.1, -0.05) is 23.9 Å². The molecule has 4 N–H and O–H groups in total. The van der Waals surface area contributed by atoms with E-state index in [4.69, 9.17) is 0 Å². The van der Waals surface area contributed by atoms with Crippen LogP contribution in [0.5, 0.6) is 0 Å². The summed E-state index contributed by atoms with van der Waals surface area (Å²) in [5.41, 5.74) is 4.08. The van der Waals surface area contributed by atoms with Crippen LogP contribution in [0.15, 0.2) is 34.5 Å². The zero-order valence-electron chi connectivity index (χ0n) is 17.5. The second-order valence-electron chi connectivity index (χ2n) is 7.48. The number of aromatic nitrogens is 5. The largest absolute Gasteiger partial charge is 0.390 e. The Morgan fingerprint density at radius 3 is 2.67 bits per heavy atom. The molecule has 0 unspecified atom stereocenters. The van der Waals surface area contributed by atoms with Gasteiger partial charge in [-0.2, -0.15) is 5.10 Å². The van der Waals surface area contributed by atoms with Crippen LogP contribution in [0.25, 0.3) is 11.2 Å². The first-order valence-corrected chi connectivity index (χ1v) is 11.2. The van der Waals surface area contributed by atoms with Gasteiger partial charge in [0.2, 0.25) is 0 Å². The smallest absolute Gasteiger partial charge is 0.269 e. The summed E-state index contributed by atoms with van der Waals surface area (Å²) < 4.78 is 1.39. The lowest BCUT2D eigenvalue weighted by molar-refractivity contribution is -0.384. The highest BCUT2D eigenvalue weighted by Gasteiger charge is 2.43. The average molecular weight is 475 g/mol. The summed E-state index contributed by atoms with van der Waals surface area (Å²) in [5, 5.41) is 53.8. The van der Waals surface area contributed by atoms with Crippen LogP contribution >= 0.6 is 11.8 Å². The van der Waals surface area contributed by atoms with Crippen molar-refractivity contribution >= 4 is 40.6 Å². The number of hydrogen-bond donors (Lipinski definition) is 4. The summed E-state index contributed by atoms with van der Waals surface area (Å²) in [5.74, 6) is 1.07. The number of non-ortho nitro benzene ring substituents is 1. The molecule has 2 heterocycles. The van der Waals surface area contributed by atoms with Crippen LogP contribution in [0, 0.1) is 10.1 Å². The summed E-state index contributed by atoms with van der Waals surface area (Å²) in [6.07, 6.45) is -1.09. The van der Waals surface area contributed by atoms with E-state index in [1.807, 2.05) is 6.92 Å². The van der Waals surface area contributed by atoms with E-state index in [0.29, 0.717) is 21.9 Å². The second kappa shape index (κ2) is 9.74. The quantitative estimate of drug-likeness (QED) is 0.120. The molecule has 3 aromatic rings. The Labute approximate surface area is 191 Å². The Kier molecular flexibility index (Phi) is 6.78. The number of nitro groups is 1. The number of nitrogens with zero attached hydrogens (tertiary/aromatic N) is 7. The molecule has 1 saturated carbocycles. The van der Waals surface area contributed by atoms with Crippen molar-refractivity contribution in [2.45, 2.75) is 49.3 Å². The number of aliphatic hydroxyl groups is 3. The maximum atomic E-state index is 10.8. The Morgan fingerprint density at radius 1 is 1.27 bits per heavy atom. The van der Waals surface area contributed by atoms with Gasteiger partial charge in [-0.15, -0.1) is 5.10 Å². The van der Waals surface area contributed by atoms with Crippen LogP contribution < -0.4 is 5.43 Å². The van der Waals surface area contributed by atoms with Gasteiger partial charge in [-0.05, 0) is 24.1 Å². The molecule has 1 aromatic carbocycles. The maximum Gasteiger partial charge on any atom is 0.269 e. The van der Waals surface area contributed by atoms with Crippen LogP contribution in [-0.2, 0) is 0 Å². The number of anilines is 1. The number of aliphatic hydroxyl groups excluding tert-OH is 3. The van der Waals surface area contributed by atoms with Gasteiger partial charge < -0.3 is 15.3 Å². The molecule has 0 radical (unpaired) electrons. The molecule has 0 spiro atoms. The monoisotopic (exact) mass is 474 g/mol. The van der Waals surface area contributed by atoms with Crippen molar-refractivity contribution in [1.82, 2.24) is 25.0 Å². The minimum Gasteiger partial charge on any atom is -0.390 e. The third-order valence-electron chi connectivity index (χ3n) is 5.16. The van der Waals surface area contributed by atoms with Gasteiger partial charge in [-0.25, -0.2) is 14.6 Å². The Morgan fingerprint density at radius 2 is 2.03 bits per heavy atom. The van der Waals surface area contributed by atoms with Crippen molar-refractivity contribution < 1.29 is 20.2 Å². The maximum absolute atomic E-state index is 10.8. The standard InChI is InChI=1S/C19H22N8O5S/c1-2-7-33-19-21-17(24-20-9-10-3-5-11(6-4-10)27(31)32)14-18(22-19)26(25-23-14)12-8-13(28)16(30)15(12)29/h3-6,9,12-13,15-16,28-30H,2,7-8H2,1H3,(H,21,22,24)/b20-9+/t12-,13+,15+,16-/m1/s1. The van der Waals surface area contributed by atoms with E-state index in [0.717, 1.165) is 12.2 Å². The number of hydrogen-bond acceptors (Lipinski definition) is 12. The molecule has 4 rings (SSSR count). The first-order valence-electron chi connectivity index (χ1n) is 10.2. The molecule has 14 heteroatoms. The predicted octanol–water partition coefficient (Wildman–Crippen LogP) is 1.11. The Bertz CT molecular complexity index is 1170. The van der Waals surface area contributed by atoms with Gasteiger partial charge in [0, 0.05) is 24.3 Å². The van der Waals surface area contributed by atoms with Crippen molar-refractivity contribution in [3.63, 3.8) is 0 Å². The second-order valence-corrected chi connectivity index (χ2v) is 8.54. The first-order chi connectivity index (χ1) is 15.9. The normalized spacial score (nSPS) is 22.9. The SMILES string of the molecule is CCCSc1nc(N/N=C/c2ccc([N+](=O)[O-])cc2)c2nnn([C@@H]3C[C@H](O)[C@@H](O)[C@H]3O)c2n1. The van der Waals surface area contributed by atoms with E-state index in [-0.39, 0.29) is 17.9 Å². The lowest BCUT2D eigenvalue weighted by atomic mass is 10.2. The number of hydrazone groups is 1. The van der Waals surface area contributed by atoms with Gasteiger partial charge >= 0.3 is 0 Å². The van der Waals surface area contributed by atoms with E-state index in [1.165, 1.54) is 34.8 Å². The molecule has 0 amide bonds.